The summed E-state index contributed by atoms with van der Waals surface area (Å²) in [5, 5.41) is -0.146. The third-order valence-electron chi connectivity index (χ3n) is 3.41. The van der Waals surface area contributed by atoms with Crippen LogP contribution >= 0.6 is 11.8 Å². The van der Waals surface area contributed by atoms with Gasteiger partial charge in [0.1, 0.15) is 5.25 Å². The number of esters is 1. The highest BCUT2D eigenvalue weighted by molar-refractivity contribution is 8.00. The van der Waals surface area contributed by atoms with Gasteiger partial charge >= 0.3 is 5.97 Å². The lowest BCUT2D eigenvalue weighted by atomic mass is 10.1. The van der Waals surface area contributed by atoms with Gasteiger partial charge in [-0.25, -0.2) is 0 Å². The van der Waals surface area contributed by atoms with Gasteiger partial charge < -0.3 is 4.74 Å². The molecule has 0 aliphatic heterocycles. The molecule has 0 saturated heterocycles. The number of carbonyl (C=O) groups excluding carboxylic acids is 1. The molecule has 0 amide bonds. The fraction of sp³-hybridized carbons (Fsp3) is 0.611. The Labute approximate surface area is 133 Å². The molecule has 0 N–H and O–H groups in total. The number of hydrogen-bond donors (Lipinski definition) is 0. The van der Waals surface area contributed by atoms with Crippen molar-refractivity contribution in [2.45, 2.75) is 69.4 Å². The first kappa shape index (κ1) is 18.1. The van der Waals surface area contributed by atoms with Gasteiger partial charge in [0.15, 0.2) is 0 Å². The Balaban J connectivity index is 2.15. The third kappa shape index (κ3) is 8.15. The zero-order chi connectivity index (χ0) is 15.5. The van der Waals surface area contributed by atoms with Gasteiger partial charge in [-0.3, -0.25) is 4.79 Å². The standard InChI is InChI=1S/C18H28O2S/c1-4-5-6-7-8-9-14-20-18(19)16(3)21-17-12-10-15(2)11-13-17/h10-13,16H,4-9,14H2,1-3H3. The quantitative estimate of drug-likeness (QED) is 0.330. The van der Waals surface area contributed by atoms with Gasteiger partial charge in [-0.15, -0.1) is 11.8 Å². The van der Waals surface area contributed by atoms with Crippen molar-refractivity contribution < 1.29 is 9.53 Å². The molecule has 1 aromatic carbocycles. The molecule has 1 aromatic rings. The Bertz CT molecular complexity index is 400. The molecule has 118 valence electrons. The Morgan fingerprint density at radius 3 is 2.38 bits per heavy atom. The van der Waals surface area contributed by atoms with E-state index in [-0.39, 0.29) is 11.2 Å². The zero-order valence-corrected chi connectivity index (χ0v) is 14.4. The summed E-state index contributed by atoms with van der Waals surface area (Å²) >= 11 is 1.56. The van der Waals surface area contributed by atoms with Crippen molar-refractivity contribution >= 4 is 17.7 Å². The van der Waals surface area contributed by atoms with Crippen LogP contribution in [0.3, 0.4) is 0 Å². The van der Waals surface area contributed by atoms with E-state index in [1.54, 1.807) is 11.8 Å². The molecule has 0 radical (unpaired) electrons. The number of unbranched alkanes of at least 4 members (excludes halogenated alkanes) is 5. The predicted molar refractivity (Wildman–Crippen MR) is 90.8 cm³/mol. The van der Waals surface area contributed by atoms with Crippen LogP contribution in [0.5, 0.6) is 0 Å². The lowest BCUT2D eigenvalue weighted by Crippen LogP contribution is -2.17. The Morgan fingerprint density at radius 1 is 1.10 bits per heavy atom. The van der Waals surface area contributed by atoms with E-state index in [0.29, 0.717) is 6.61 Å². The maximum absolute atomic E-state index is 11.9. The lowest BCUT2D eigenvalue weighted by Gasteiger charge is -2.11. The van der Waals surface area contributed by atoms with Crippen molar-refractivity contribution in [3.63, 3.8) is 0 Å². The molecule has 2 nitrogen and oxygen atoms in total. The smallest absolute Gasteiger partial charge is 0.319 e. The van der Waals surface area contributed by atoms with Gasteiger partial charge in [0.2, 0.25) is 0 Å². The van der Waals surface area contributed by atoms with Gasteiger partial charge in [0, 0.05) is 4.90 Å². The van der Waals surface area contributed by atoms with Gasteiger partial charge in [0.25, 0.3) is 0 Å². The fourth-order valence-electron chi connectivity index (χ4n) is 2.04. The minimum Gasteiger partial charge on any atom is -0.465 e. The summed E-state index contributed by atoms with van der Waals surface area (Å²) in [7, 11) is 0. The lowest BCUT2D eigenvalue weighted by molar-refractivity contribution is -0.142. The van der Waals surface area contributed by atoms with Crippen LogP contribution in [-0.2, 0) is 9.53 Å². The van der Waals surface area contributed by atoms with Gasteiger partial charge in [-0.05, 0) is 32.4 Å². The largest absolute Gasteiger partial charge is 0.465 e. The third-order valence-corrected chi connectivity index (χ3v) is 4.50. The Hall–Kier alpha value is -0.960. The van der Waals surface area contributed by atoms with E-state index in [0.717, 1.165) is 17.7 Å². The molecular weight excluding hydrogens is 280 g/mol. The summed E-state index contributed by atoms with van der Waals surface area (Å²) in [6.07, 6.45) is 7.26. The summed E-state index contributed by atoms with van der Waals surface area (Å²) < 4.78 is 5.35. The Kier molecular flexibility index (Phi) is 9.24. The molecule has 0 fully saturated rings. The van der Waals surface area contributed by atoms with E-state index in [1.165, 1.54) is 31.2 Å². The van der Waals surface area contributed by atoms with Crippen molar-refractivity contribution in [3.05, 3.63) is 29.8 Å². The second-order valence-corrected chi connectivity index (χ2v) is 6.92. The highest BCUT2D eigenvalue weighted by Gasteiger charge is 2.15. The van der Waals surface area contributed by atoms with E-state index >= 15 is 0 Å². The van der Waals surface area contributed by atoms with Crippen molar-refractivity contribution in [3.8, 4) is 0 Å². The van der Waals surface area contributed by atoms with Gasteiger partial charge in [-0.1, -0.05) is 56.7 Å². The molecule has 0 aliphatic rings. The summed E-state index contributed by atoms with van der Waals surface area (Å²) in [6, 6.07) is 8.24. The maximum Gasteiger partial charge on any atom is 0.319 e. The fourth-order valence-corrected chi connectivity index (χ4v) is 2.91. The highest BCUT2D eigenvalue weighted by Crippen LogP contribution is 2.24. The van der Waals surface area contributed by atoms with E-state index in [2.05, 4.69) is 38.1 Å². The first-order valence-corrected chi connectivity index (χ1v) is 8.91. The normalized spacial score (nSPS) is 12.1. The van der Waals surface area contributed by atoms with Crippen LogP contribution in [0.15, 0.2) is 29.2 Å². The molecule has 0 saturated carbocycles. The number of benzene rings is 1. The minimum absolute atomic E-state index is 0.103. The molecule has 1 unspecified atom stereocenters. The minimum atomic E-state index is -0.146. The summed E-state index contributed by atoms with van der Waals surface area (Å²) in [6.45, 7) is 6.75. The summed E-state index contributed by atoms with van der Waals surface area (Å²) in [5.41, 5.74) is 1.23. The molecule has 0 aromatic heterocycles. The molecule has 1 rings (SSSR count). The van der Waals surface area contributed by atoms with Crippen LogP contribution in [0.25, 0.3) is 0 Å². The Morgan fingerprint density at radius 2 is 1.71 bits per heavy atom. The van der Waals surface area contributed by atoms with Crippen LogP contribution in [0.2, 0.25) is 0 Å². The highest BCUT2D eigenvalue weighted by atomic mass is 32.2. The topological polar surface area (TPSA) is 26.3 Å². The average Bonchev–Trinajstić information content (AvgIpc) is 2.48. The van der Waals surface area contributed by atoms with Crippen molar-refractivity contribution in [2.24, 2.45) is 0 Å². The molecule has 0 heterocycles. The molecule has 3 heteroatoms. The van der Waals surface area contributed by atoms with Crippen molar-refractivity contribution in [1.29, 1.82) is 0 Å². The van der Waals surface area contributed by atoms with Crippen LogP contribution in [0.1, 0.15) is 57.9 Å². The van der Waals surface area contributed by atoms with E-state index in [1.807, 2.05) is 6.92 Å². The first-order chi connectivity index (χ1) is 10.1. The van der Waals surface area contributed by atoms with Crippen molar-refractivity contribution in [2.75, 3.05) is 6.61 Å². The molecule has 0 aliphatic carbocycles. The SMILES string of the molecule is CCCCCCCCOC(=O)C(C)Sc1ccc(C)cc1. The molecule has 0 bridgehead atoms. The monoisotopic (exact) mass is 308 g/mol. The van der Waals surface area contributed by atoms with Crippen LogP contribution < -0.4 is 0 Å². The molecule has 0 spiro atoms. The van der Waals surface area contributed by atoms with Crippen LogP contribution in [0.4, 0.5) is 0 Å². The molecular formula is C18H28O2S. The van der Waals surface area contributed by atoms with E-state index < -0.39 is 0 Å². The van der Waals surface area contributed by atoms with Crippen LogP contribution in [0, 0.1) is 6.92 Å². The number of rotatable bonds is 10. The van der Waals surface area contributed by atoms with Gasteiger partial charge in [0.05, 0.1) is 6.61 Å². The zero-order valence-electron chi connectivity index (χ0n) is 13.6. The number of carbonyl (C=O) groups is 1. The molecule has 21 heavy (non-hydrogen) atoms. The van der Waals surface area contributed by atoms with E-state index in [4.69, 9.17) is 4.74 Å². The number of aryl methyl sites for hydroxylation is 1. The second-order valence-electron chi connectivity index (χ2n) is 5.51. The number of ether oxygens (including phenoxy) is 1. The number of thioether (sulfide) groups is 1. The second kappa shape index (κ2) is 10.7. The molecule has 1 atom stereocenters. The van der Waals surface area contributed by atoms with Gasteiger partial charge in [-0.2, -0.15) is 0 Å². The van der Waals surface area contributed by atoms with Crippen molar-refractivity contribution in [1.82, 2.24) is 0 Å². The van der Waals surface area contributed by atoms with E-state index in [9.17, 15) is 4.79 Å². The summed E-state index contributed by atoms with van der Waals surface area (Å²) in [5.74, 6) is -0.103. The average molecular weight is 308 g/mol. The summed E-state index contributed by atoms with van der Waals surface area (Å²) in [4.78, 5) is 13.0. The first-order valence-electron chi connectivity index (χ1n) is 8.03. The van der Waals surface area contributed by atoms with Crippen LogP contribution in [-0.4, -0.2) is 17.8 Å². The number of hydrogen-bond acceptors (Lipinski definition) is 3. The maximum atomic E-state index is 11.9. The predicted octanol–water partition coefficient (Wildman–Crippen LogP) is 5.38.